The molecule has 61 heavy (non-hydrogen) atoms. The second-order valence-electron chi connectivity index (χ2n) is 15.6. The molecular formula is C57H36N4. The van der Waals surface area contributed by atoms with Crippen molar-refractivity contribution in [1.29, 1.82) is 0 Å². The van der Waals surface area contributed by atoms with Crippen molar-refractivity contribution in [2.45, 2.75) is 0 Å². The number of nitrogens with zero attached hydrogens (tertiary/aromatic N) is 4. The number of aromatic nitrogens is 3. The number of benzene rings is 10. The highest BCUT2D eigenvalue weighted by atomic mass is 15.2. The Hall–Kier alpha value is -8.21. The highest BCUT2D eigenvalue weighted by Crippen LogP contribution is 2.54. The predicted molar refractivity (Wildman–Crippen MR) is 253 cm³/mol. The quantitative estimate of drug-likeness (QED) is 0.169. The summed E-state index contributed by atoms with van der Waals surface area (Å²) in [6.07, 6.45) is 0. The van der Waals surface area contributed by atoms with E-state index in [-0.39, 0.29) is 0 Å². The van der Waals surface area contributed by atoms with Crippen molar-refractivity contribution in [1.82, 2.24) is 15.0 Å². The van der Waals surface area contributed by atoms with Gasteiger partial charge < -0.3 is 4.90 Å². The van der Waals surface area contributed by atoms with Crippen LogP contribution in [0.2, 0.25) is 0 Å². The molecule has 0 fully saturated rings. The normalized spacial score (nSPS) is 11.9. The summed E-state index contributed by atoms with van der Waals surface area (Å²) in [5.41, 5.74) is 13.3. The maximum Gasteiger partial charge on any atom is 0.164 e. The van der Waals surface area contributed by atoms with Crippen molar-refractivity contribution in [3.63, 3.8) is 0 Å². The third kappa shape index (κ3) is 5.96. The molecule has 0 saturated heterocycles. The Kier molecular flexibility index (Phi) is 8.13. The first-order valence-corrected chi connectivity index (χ1v) is 20.7. The average molecular weight is 777 g/mol. The van der Waals surface area contributed by atoms with E-state index in [1.807, 2.05) is 0 Å². The van der Waals surface area contributed by atoms with Gasteiger partial charge in [-0.1, -0.05) is 170 Å². The molecule has 0 radical (unpaired) electrons. The summed E-state index contributed by atoms with van der Waals surface area (Å²) in [6, 6.07) is 77.7. The molecule has 4 heteroatoms. The molecule has 11 aromatic rings. The molecular weight excluding hydrogens is 741 g/mol. The second kappa shape index (κ2) is 14.3. The van der Waals surface area contributed by atoms with Crippen molar-refractivity contribution in [2.24, 2.45) is 0 Å². The standard InChI is InChI=1S/C57H36N4/c1-4-14-37(15-5-1)41-27-28-43-36-45(31-29-42(43)34-41)56-58-55(44-30-26-38-16-10-11-19-40(38)35-44)59-57(60-56)49-32-33-52-54-48(49)23-12-24-50(54)53-47(39-17-6-2-7-18-39)22-13-25-51(53)61(52)46-20-8-3-9-21-46/h1-36H. The van der Waals surface area contributed by atoms with Crippen molar-refractivity contribution in [2.75, 3.05) is 4.90 Å². The molecule has 0 N–H and O–H groups in total. The maximum absolute atomic E-state index is 5.34. The predicted octanol–water partition coefficient (Wildman–Crippen LogP) is 15.1. The average Bonchev–Trinajstić information content (AvgIpc) is 3.34. The van der Waals surface area contributed by atoms with E-state index in [0.717, 1.165) is 60.7 Å². The minimum atomic E-state index is 0.629. The third-order valence-electron chi connectivity index (χ3n) is 12.0. The van der Waals surface area contributed by atoms with Gasteiger partial charge in [0.25, 0.3) is 0 Å². The first-order valence-electron chi connectivity index (χ1n) is 20.7. The van der Waals surface area contributed by atoms with Gasteiger partial charge in [-0.3, -0.25) is 0 Å². The molecule has 1 aromatic heterocycles. The molecule has 1 aliphatic rings. The molecule has 284 valence electrons. The fourth-order valence-electron chi connectivity index (χ4n) is 9.11. The van der Waals surface area contributed by atoms with E-state index in [1.54, 1.807) is 0 Å². The Morgan fingerprint density at radius 1 is 0.295 bits per heavy atom. The van der Waals surface area contributed by atoms with Gasteiger partial charge in [0.2, 0.25) is 0 Å². The topological polar surface area (TPSA) is 41.9 Å². The van der Waals surface area contributed by atoms with Gasteiger partial charge in [0.05, 0.1) is 11.4 Å². The zero-order chi connectivity index (χ0) is 40.3. The lowest BCUT2D eigenvalue weighted by Gasteiger charge is -2.35. The Morgan fingerprint density at radius 2 is 0.836 bits per heavy atom. The van der Waals surface area contributed by atoms with E-state index < -0.39 is 0 Å². The molecule has 0 aliphatic carbocycles. The summed E-state index contributed by atoms with van der Waals surface area (Å²) >= 11 is 0. The second-order valence-corrected chi connectivity index (χ2v) is 15.6. The summed E-state index contributed by atoms with van der Waals surface area (Å²) < 4.78 is 0. The minimum Gasteiger partial charge on any atom is -0.309 e. The van der Waals surface area contributed by atoms with Gasteiger partial charge in [-0.2, -0.15) is 0 Å². The molecule has 0 bridgehead atoms. The van der Waals surface area contributed by atoms with Crippen molar-refractivity contribution in [3.05, 3.63) is 218 Å². The van der Waals surface area contributed by atoms with Crippen molar-refractivity contribution < 1.29 is 0 Å². The Balaban J connectivity index is 1.08. The number of fused-ring (bicyclic) bond motifs is 4. The molecule has 2 heterocycles. The van der Waals surface area contributed by atoms with Crippen LogP contribution in [-0.4, -0.2) is 15.0 Å². The van der Waals surface area contributed by atoms with Crippen molar-refractivity contribution in [3.8, 4) is 67.5 Å². The van der Waals surface area contributed by atoms with E-state index in [4.69, 9.17) is 15.0 Å². The maximum atomic E-state index is 5.34. The number of rotatable bonds is 6. The van der Waals surface area contributed by atoms with Crippen LogP contribution >= 0.6 is 0 Å². The Morgan fingerprint density at radius 3 is 1.56 bits per heavy atom. The highest BCUT2D eigenvalue weighted by molar-refractivity contribution is 6.19. The zero-order valence-corrected chi connectivity index (χ0v) is 33.1. The summed E-state index contributed by atoms with van der Waals surface area (Å²) in [5, 5.41) is 6.84. The molecule has 12 rings (SSSR count). The number of para-hydroxylation sites is 1. The van der Waals surface area contributed by atoms with E-state index >= 15 is 0 Å². The number of hydrogen-bond donors (Lipinski definition) is 0. The van der Waals surface area contributed by atoms with E-state index in [0.29, 0.717) is 17.5 Å². The van der Waals surface area contributed by atoms with Crippen LogP contribution in [0.1, 0.15) is 0 Å². The Labute approximate surface area is 353 Å². The van der Waals surface area contributed by atoms with Gasteiger partial charge in [-0.15, -0.1) is 0 Å². The lowest BCUT2D eigenvalue weighted by Crippen LogP contribution is -2.15. The molecule has 0 spiro atoms. The van der Waals surface area contributed by atoms with Gasteiger partial charge in [0.1, 0.15) is 0 Å². The third-order valence-corrected chi connectivity index (χ3v) is 12.0. The van der Waals surface area contributed by atoms with Crippen molar-refractivity contribution >= 4 is 49.4 Å². The number of hydrogen-bond acceptors (Lipinski definition) is 4. The van der Waals surface area contributed by atoms with Gasteiger partial charge >= 0.3 is 0 Å². The van der Waals surface area contributed by atoms with E-state index in [1.165, 1.54) is 38.8 Å². The summed E-state index contributed by atoms with van der Waals surface area (Å²) in [5.74, 6) is 1.89. The SMILES string of the molecule is c1ccc(-c2ccc3cc(-c4nc(-c5ccc6ccccc6c5)nc(-c5ccc6c7c(cccc57)-c5c(-c7ccccc7)cccc5N6c5ccccc5)n4)ccc3c2)cc1. The van der Waals surface area contributed by atoms with Crippen LogP contribution < -0.4 is 4.90 Å². The summed E-state index contributed by atoms with van der Waals surface area (Å²) in [6.45, 7) is 0. The van der Waals surface area contributed by atoms with Crippen LogP contribution in [0, 0.1) is 0 Å². The van der Waals surface area contributed by atoms with E-state index in [2.05, 4.69) is 223 Å². The minimum absolute atomic E-state index is 0.629. The first kappa shape index (κ1) is 34.8. The number of anilines is 3. The Bertz CT molecular complexity index is 3470. The molecule has 4 nitrogen and oxygen atoms in total. The monoisotopic (exact) mass is 776 g/mol. The fourth-order valence-corrected chi connectivity index (χ4v) is 9.11. The smallest absolute Gasteiger partial charge is 0.164 e. The van der Waals surface area contributed by atoms with Gasteiger partial charge in [-0.05, 0) is 103 Å². The van der Waals surface area contributed by atoms with Gasteiger partial charge in [-0.25, -0.2) is 15.0 Å². The van der Waals surface area contributed by atoms with Crippen LogP contribution in [0.3, 0.4) is 0 Å². The molecule has 0 amide bonds. The summed E-state index contributed by atoms with van der Waals surface area (Å²) in [4.78, 5) is 18.3. The van der Waals surface area contributed by atoms with Gasteiger partial charge in [0.15, 0.2) is 17.5 Å². The van der Waals surface area contributed by atoms with Crippen LogP contribution in [0.5, 0.6) is 0 Å². The van der Waals surface area contributed by atoms with Crippen LogP contribution in [-0.2, 0) is 0 Å². The molecule has 0 unspecified atom stereocenters. The lowest BCUT2D eigenvalue weighted by molar-refractivity contribution is 1.08. The first-order chi connectivity index (χ1) is 30.2. The van der Waals surface area contributed by atoms with E-state index in [9.17, 15) is 0 Å². The summed E-state index contributed by atoms with van der Waals surface area (Å²) in [7, 11) is 0. The largest absolute Gasteiger partial charge is 0.309 e. The van der Waals surface area contributed by atoms with Crippen LogP contribution in [0.15, 0.2) is 218 Å². The molecule has 1 aliphatic heterocycles. The van der Waals surface area contributed by atoms with Crippen LogP contribution in [0.25, 0.3) is 99.9 Å². The molecule has 10 aromatic carbocycles. The zero-order valence-electron chi connectivity index (χ0n) is 33.1. The fraction of sp³-hybridized carbons (Fsp3) is 0. The van der Waals surface area contributed by atoms with Crippen LogP contribution in [0.4, 0.5) is 17.1 Å². The molecule has 0 atom stereocenters. The highest BCUT2D eigenvalue weighted by Gasteiger charge is 2.29. The lowest BCUT2D eigenvalue weighted by atomic mass is 9.85. The molecule has 0 saturated carbocycles. The van der Waals surface area contributed by atoms with Gasteiger partial charge in [0, 0.05) is 33.3 Å².